The summed E-state index contributed by atoms with van der Waals surface area (Å²) in [6.45, 7) is 1.94. The molecule has 0 radical (unpaired) electrons. The summed E-state index contributed by atoms with van der Waals surface area (Å²) in [7, 11) is 1.75. The number of aryl methyl sites for hydroxylation is 1. The number of nitrogen functional groups attached to an aromatic ring is 1. The van der Waals surface area contributed by atoms with Gasteiger partial charge in [0.05, 0.1) is 5.56 Å². The van der Waals surface area contributed by atoms with E-state index in [4.69, 9.17) is 10.5 Å². The van der Waals surface area contributed by atoms with E-state index in [2.05, 4.69) is 25.3 Å². The normalized spacial score (nSPS) is 10.3. The Hall–Kier alpha value is -3.22. The maximum Gasteiger partial charge on any atom is 0.230 e. The number of ether oxygens (including phenoxy) is 1. The molecule has 0 saturated heterocycles. The maximum absolute atomic E-state index is 5.94. The Labute approximate surface area is 133 Å². The fourth-order valence-corrected chi connectivity index (χ4v) is 2.02. The summed E-state index contributed by atoms with van der Waals surface area (Å²) in [4.78, 5) is 16.8. The highest BCUT2D eigenvalue weighted by molar-refractivity contribution is 5.63. The van der Waals surface area contributed by atoms with Crippen molar-refractivity contribution in [3.63, 3.8) is 0 Å². The van der Waals surface area contributed by atoms with Gasteiger partial charge >= 0.3 is 0 Å². The molecule has 0 amide bonds. The fourth-order valence-electron chi connectivity index (χ4n) is 2.02. The van der Waals surface area contributed by atoms with Crippen molar-refractivity contribution in [3.05, 3.63) is 48.4 Å². The van der Waals surface area contributed by atoms with Crippen LogP contribution in [0.1, 0.15) is 5.56 Å². The second kappa shape index (κ2) is 6.27. The molecule has 116 valence electrons. The summed E-state index contributed by atoms with van der Waals surface area (Å²) in [5.74, 6) is 2.02. The largest absolute Gasteiger partial charge is 0.438 e. The van der Waals surface area contributed by atoms with Crippen molar-refractivity contribution in [2.24, 2.45) is 0 Å². The summed E-state index contributed by atoms with van der Waals surface area (Å²) in [5, 5.41) is 2.88. The first-order chi connectivity index (χ1) is 11.2. The minimum atomic E-state index is 0.412. The zero-order valence-corrected chi connectivity index (χ0v) is 12.8. The van der Waals surface area contributed by atoms with Gasteiger partial charge in [0, 0.05) is 25.0 Å². The van der Waals surface area contributed by atoms with Gasteiger partial charge in [-0.1, -0.05) is 6.07 Å². The van der Waals surface area contributed by atoms with Crippen LogP contribution in [-0.2, 0) is 0 Å². The molecule has 7 nitrogen and oxygen atoms in total. The van der Waals surface area contributed by atoms with E-state index in [1.165, 1.54) is 6.33 Å². The standard InChI is InChI=1S/C16H16N6O/c1-10-5-6-11(17)8-13(10)23-15-12(4-3-7-19-15)14-20-9-21-16(18-2)22-14/h3-9H,17H2,1-2H3,(H,18,20,21,22). The monoisotopic (exact) mass is 308 g/mol. The predicted molar refractivity (Wildman–Crippen MR) is 88.3 cm³/mol. The molecule has 0 aliphatic rings. The molecule has 0 fully saturated rings. The third-order valence-corrected chi connectivity index (χ3v) is 3.23. The van der Waals surface area contributed by atoms with Gasteiger partial charge in [0.2, 0.25) is 11.8 Å². The average Bonchev–Trinajstić information content (AvgIpc) is 2.59. The Bertz CT molecular complexity index is 836. The molecule has 2 aromatic heterocycles. The Morgan fingerprint density at radius 1 is 1.13 bits per heavy atom. The quantitative estimate of drug-likeness (QED) is 0.715. The van der Waals surface area contributed by atoms with Gasteiger partial charge in [-0.05, 0) is 30.7 Å². The first-order valence-corrected chi connectivity index (χ1v) is 7.03. The fraction of sp³-hybridized carbons (Fsp3) is 0.125. The van der Waals surface area contributed by atoms with Gasteiger partial charge in [-0.25, -0.2) is 15.0 Å². The second-order valence-corrected chi connectivity index (χ2v) is 4.87. The molecule has 0 bridgehead atoms. The van der Waals surface area contributed by atoms with Crippen LogP contribution in [0.4, 0.5) is 11.6 Å². The molecule has 0 aliphatic carbocycles. The van der Waals surface area contributed by atoms with Crippen LogP contribution in [0.3, 0.4) is 0 Å². The molecule has 0 atom stereocenters. The van der Waals surface area contributed by atoms with Crippen LogP contribution in [0.25, 0.3) is 11.4 Å². The van der Waals surface area contributed by atoms with Crippen molar-refractivity contribution in [2.45, 2.75) is 6.92 Å². The molecule has 3 N–H and O–H groups in total. The highest BCUT2D eigenvalue weighted by atomic mass is 16.5. The Balaban J connectivity index is 2.02. The first kappa shape index (κ1) is 14.7. The van der Waals surface area contributed by atoms with E-state index in [0.717, 1.165) is 5.56 Å². The molecular formula is C16H16N6O. The van der Waals surface area contributed by atoms with Gasteiger partial charge in [-0.3, -0.25) is 0 Å². The molecule has 0 unspecified atom stereocenters. The van der Waals surface area contributed by atoms with E-state index in [-0.39, 0.29) is 0 Å². The average molecular weight is 308 g/mol. The van der Waals surface area contributed by atoms with Crippen molar-refractivity contribution in [3.8, 4) is 23.0 Å². The SMILES string of the molecule is CNc1ncnc(-c2cccnc2Oc2cc(N)ccc2C)n1. The highest BCUT2D eigenvalue weighted by Gasteiger charge is 2.13. The molecular weight excluding hydrogens is 292 g/mol. The van der Waals surface area contributed by atoms with Gasteiger partial charge in [0.1, 0.15) is 12.1 Å². The van der Waals surface area contributed by atoms with E-state index in [9.17, 15) is 0 Å². The molecule has 3 rings (SSSR count). The number of nitrogens with two attached hydrogens (primary N) is 1. The lowest BCUT2D eigenvalue weighted by atomic mass is 10.2. The molecule has 1 aromatic carbocycles. The zero-order valence-electron chi connectivity index (χ0n) is 12.8. The number of aromatic nitrogens is 4. The van der Waals surface area contributed by atoms with Crippen molar-refractivity contribution < 1.29 is 4.74 Å². The van der Waals surface area contributed by atoms with E-state index in [1.807, 2.05) is 25.1 Å². The van der Waals surface area contributed by atoms with E-state index in [1.54, 1.807) is 25.4 Å². The third-order valence-electron chi connectivity index (χ3n) is 3.23. The van der Waals surface area contributed by atoms with Crippen molar-refractivity contribution in [1.82, 2.24) is 19.9 Å². The van der Waals surface area contributed by atoms with Crippen LogP contribution in [0.2, 0.25) is 0 Å². The predicted octanol–water partition coefficient (Wildman–Crippen LogP) is 2.66. The number of pyridine rings is 1. The van der Waals surface area contributed by atoms with Crippen LogP contribution in [0, 0.1) is 6.92 Å². The van der Waals surface area contributed by atoms with Gasteiger partial charge in [-0.15, -0.1) is 0 Å². The van der Waals surface area contributed by atoms with Gasteiger partial charge in [0.25, 0.3) is 0 Å². The van der Waals surface area contributed by atoms with Gasteiger partial charge in [-0.2, -0.15) is 4.98 Å². The maximum atomic E-state index is 5.94. The Morgan fingerprint density at radius 3 is 2.83 bits per heavy atom. The highest BCUT2D eigenvalue weighted by Crippen LogP contribution is 2.31. The molecule has 0 saturated carbocycles. The van der Waals surface area contributed by atoms with E-state index >= 15 is 0 Å². The van der Waals surface area contributed by atoms with Crippen LogP contribution in [0.5, 0.6) is 11.6 Å². The summed E-state index contributed by atoms with van der Waals surface area (Å²) >= 11 is 0. The third kappa shape index (κ3) is 3.18. The van der Waals surface area contributed by atoms with Crippen molar-refractivity contribution >= 4 is 11.6 Å². The van der Waals surface area contributed by atoms with Crippen molar-refractivity contribution in [1.29, 1.82) is 0 Å². The lowest BCUT2D eigenvalue weighted by Gasteiger charge is -2.11. The second-order valence-electron chi connectivity index (χ2n) is 4.87. The summed E-state index contributed by atoms with van der Waals surface area (Å²) < 4.78 is 5.94. The molecule has 2 heterocycles. The van der Waals surface area contributed by atoms with Crippen LogP contribution in [-0.4, -0.2) is 27.0 Å². The Kier molecular flexibility index (Phi) is 4.01. The van der Waals surface area contributed by atoms with Crippen LogP contribution < -0.4 is 15.8 Å². The van der Waals surface area contributed by atoms with Crippen LogP contribution >= 0.6 is 0 Å². The number of anilines is 2. The molecule has 0 spiro atoms. The van der Waals surface area contributed by atoms with Gasteiger partial charge < -0.3 is 15.8 Å². The first-order valence-electron chi connectivity index (χ1n) is 7.03. The summed E-state index contributed by atoms with van der Waals surface area (Å²) in [6, 6.07) is 9.14. The lowest BCUT2D eigenvalue weighted by molar-refractivity contribution is 0.461. The lowest BCUT2D eigenvalue weighted by Crippen LogP contribution is -2.01. The van der Waals surface area contributed by atoms with Crippen LogP contribution in [0.15, 0.2) is 42.9 Å². The number of rotatable bonds is 4. The number of nitrogens with zero attached hydrogens (tertiary/aromatic N) is 4. The summed E-state index contributed by atoms with van der Waals surface area (Å²) in [6.07, 6.45) is 3.09. The molecule has 7 heteroatoms. The molecule has 0 aliphatic heterocycles. The van der Waals surface area contributed by atoms with Crippen molar-refractivity contribution in [2.75, 3.05) is 18.1 Å². The minimum Gasteiger partial charge on any atom is -0.438 e. The smallest absolute Gasteiger partial charge is 0.230 e. The topological polar surface area (TPSA) is 98.8 Å². The van der Waals surface area contributed by atoms with E-state index in [0.29, 0.717) is 34.7 Å². The molecule has 3 aromatic rings. The zero-order chi connectivity index (χ0) is 16.2. The molecule has 23 heavy (non-hydrogen) atoms. The number of hydrogen-bond acceptors (Lipinski definition) is 7. The number of benzene rings is 1. The number of hydrogen-bond donors (Lipinski definition) is 2. The van der Waals surface area contributed by atoms with Gasteiger partial charge in [0.15, 0.2) is 5.82 Å². The van der Waals surface area contributed by atoms with E-state index < -0.39 is 0 Å². The summed E-state index contributed by atoms with van der Waals surface area (Å²) in [5.41, 5.74) is 8.09. The minimum absolute atomic E-state index is 0.412. The Morgan fingerprint density at radius 2 is 2.00 bits per heavy atom. The number of nitrogens with one attached hydrogen (secondary N) is 1.